The largest absolute Gasteiger partial charge is 0.481 e. The molecule has 232 valence electrons. The molecule has 0 unspecified atom stereocenters. The Balaban J connectivity index is 1.91. The van der Waals surface area contributed by atoms with Crippen molar-refractivity contribution in [2.75, 3.05) is 0 Å². The number of hydrogen-bond donors (Lipinski definition) is 5. The molecule has 5 heterocycles. The molecule has 3 aromatic heterocycles. The minimum absolute atomic E-state index is 0.0543. The van der Waals surface area contributed by atoms with Gasteiger partial charge in [0.2, 0.25) is 0 Å². The standard InChI is InChI=1S/C35H36N4O6/c1-6-21-17(2)25-13-26-18(3)23(8-11-34(42)43)31(37-26)16-32-24(9-12-35(44)45)20(5)28(39-32)15-30-22(7-10-33(40)41)19(4)27(38-30)14-29(21)36-25/h6,13-16,36,39H,1,7-12H2,2-5H3,(H,40,41)(H,42,43)(H,44,45). The molecule has 2 aliphatic heterocycles. The van der Waals surface area contributed by atoms with Crippen molar-refractivity contribution in [1.82, 2.24) is 19.9 Å². The highest BCUT2D eigenvalue weighted by Crippen LogP contribution is 2.37. The van der Waals surface area contributed by atoms with Gasteiger partial charge in [-0.1, -0.05) is 12.7 Å². The van der Waals surface area contributed by atoms with Gasteiger partial charge in [0, 0.05) is 46.9 Å². The summed E-state index contributed by atoms with van der Waals surface area (Å²) in [6, 6.07) is 7.64. The fraction of sp³-hybridized carbons (Fsp3) is 0.286. The van der Waals surface area contributed by atoms with E-state index >= 15 is 0 Å². The maximum absolute atomic E-state index is 11.6. The van der Waals surface area contributed by atoms with E-state index in [9.17, 15) is 29.7 Å². The third kappa shape index (κ3) is 6.22. The fourth-order valence-electron chi connectivity index (χ4n) is 6.09. The normalized spacial score (nSPS) is 13.0. The summed E-state index contributed by atoms with van der Waals surface area (Å²) in [5.41, 5.74) is 12.6. The Morgan fingerprint density at radius 2 is 1.07 bits per heavy atom. The third-order valence-electron chi connectivity index (χ3n) is 8.69. The Hall–Kier alpha value is -5.25. The van der Waals surface area contributed by atoms with Crippen LogP contribution in [-0.2, 0) is 20.8 Å². The summed E-state index contributed by atoms with van der Waals surface area (Å²) < 4.78 is 0. The van der Waals surface area contributed by atoms with Crippen LogP contribution in [-0.4, -0.2) is 53.2 Å². The summed E-state index contributed by atoms with van der Waals surface area (Å²) >= 11 is 0. The second-order valence-corrected chi connectivity index (χ2v) is 11.5. The smallest absolute Gasteiger partial charge is 0.303 e. The zero-order valence-electron chi connectivity index (χ0n) is 25.8. The van der Waals surface area contributed by atoms with Crippen LogP contribution < -0.4 is 0 Å². The molecule has 0 fully saturated rings. The van der Waals surface area contributed by atoms with E-state index < -0.39 is 17.9 Å². The molecule has 3 aromatic rings. The van der Waals surface area contributed by atoms with Gasteiger partial charge in [-0.25, -0.2) is 9.97 Å². The molecule has 0 spiro atoms. The summed E-state index contributed by atoms with van der Waals surface area (Å²) in [7, 11) is 0. The van der Waals surface area contributed by atoms with Gasteiger partial charge >= 0.3 is 17.9 Å². The third-order valence-corrected chi connectivity index (χ3v) is 8.69. The van der Waals surface area contributed by atoms with Gasteiger partial charge in [0.1, 0.15) is 0 Å². The van der Waals surface area contributed by atoms with Gasteiger partial charge in [0.25, 0.3) is 0 Å². The Bertz CT molecular complexity index is 2010. The van der Waals surface area contributed by atoms with Crippen molar-refractivity contribution in [2.45, 2.75) is 66.2 Å². The summed E-state index contributed by atoms with van der Waals surface area (Å²) in [5.74, 6) is -2.74. The van der Waals surface area contributed by atoms with Gasteiger partial charge in [-0.3, -0.25) is 14.4 Å². The first-order valence-electron chi connectivity index (χ1n) is 14.8. The molecule has 5 rings (SSSR count). The van der Waals surface area contributed by atoms with Crippen LogP contribution in [0.5, 0.6) is 0 Å². The Kier molecular flexibility index (Phi) is 8.59. The number of carboxylic acids is 3. The lowest BCUT2D eigenvalue weighted by Gasteiger charge is -2.03. The van der Waals surface area contributed by atoms with Crippen molar-refractivity contribution >= 4 is 68.3 Å². The van der Waals surface area contributed by atoms with E-state index in [2.05, 4.69) is 16.5 Å². The van der Waals surface area contributed by atoms with Crippen molar-refractivity contribution in [1.29, 1.82) is 0 Å². The van der Waals surface area contributed by atoms with Gasteiger partial charge in [-0.2, -0.15) is 0 Å². The highest BCUT2D eigenvalue weighted by molar-refractivity contribution is 5.96. The number of aliphatic carboxylic acids is 3. The first-order chi connectivity index (χ1) is 21.4. The van der Waals surface area contributed by atoms with Crippen LogP contribution in [0.2, 0.25) is 0 Å². The molecule has 5 N–H and O–H groups in total. The van der Waals surface area contributed by atoms with Crippen LogP contribution >= 0.6 is 0 Å². The molecular formula is C35H36N4O6. The predicted octanol–water partition coefficient (Wildman–Crippen LogP) is 7.18. The number of rotatable bonds is 10. The number of nitrogens with one attached hydrogen (secondary N) is 2. The van der Waals surface area contributed by atoms with Crippen LogP contribution in [0.4, 0.5) is 0 Å². The van der Waals surface area contributed by atoms with Crippen molar-refractivity contribution in [3.05, 3.63) is 75.9 Å². The molecular weight excluding hydrogens is 572 g/mol. The number of aromatic nitrogens is 4. The fourth-order valence-corrected chi connectivity index (χ4v) is 6.09. The average molecular weight is 609 g/mol. The molecule has 8 bridgehead atoms. The van der Waals surface area contributed by atoms with Crippen molar-refractivity contribution < 1.29 is 29.7 Å². The average Bonchev–Trinajstić information content (AvgIpc) is 3.63. The van der Waals surface area contributed by atoms with E-state index in [1.54, 1.807) is 6.08 Å². The SMILES string of the molecule is C=Cc1c(C)c2cc3nc(cc4[nH]c(cc5nc(cc1[nH]2)C(C)=C5CCC(=O)O)c(C)c4CCC(=O)O)C(CCC(=O)O)=C3C. The van der Waals surface area contributed by atoms with Gasteiger partial charge in [-0.05, 0) is 110 Å². The molecule has 0 saturated heterocycles. The molecule has 45 heavy (non-hydrogen) atoms. The maximum atomic E-state index is 11.6. The van der Waals surface area contributed by atoms with Gasteiger partial charge in [0.15, 0.2) is 0 Å². The van der Waals surface area contributed by atoms with Crippen LogP contribution in [0.1, 0.15) is 91.0 Å². The first-order valence-corrected chi connectivity index (χ1v) is 14.8. The van der Waals surface area contributed by atoms with Crippen LogP contribution in [0.25, 0.3) is 50.4 Å². The van der Waals surface area contributed by atoms with Gasteiger partial charge in [0.05, 0.1) is 22.8 Å². The highest BCUT2D eigenvalue weighted by Gasteiger charge is 2.22. The van der Waals surface area contributed by atoms with E-state index in [4.69, 9.17) is 9.97 Å². The quantitative estimate of drug-likeness (QED) is 0.161. The molecule has 10 heteroatoms. The Labute approximate surface area is 259 Å². The molecule has 0 aromatic carbocycles. The molecule has 10 nitrogen and oxygen atoms in total. The summed E-state index contributed by atoms with van der Waals surface area (Å²) in [4.78, 5) is 51.5. The lowest BCUT2D eigenvalue weighted by atomic mass is 10.00. The summed E-state index contributed by atoms with van der Waals surface area (Å²) in [6.45, 7) is 11.8. The van der Waals surface area contributed by atoms with Crippen molar-refractivity contribution in [3.8, 4) is 0 Å². The number of allylic oxidation sites excluding steroid dienone is 4. The number of carbonyl (C=O) groups is 3. The lowest BCUT2D eigenvalue weighted by molar-refractivity contribution is -0.137. The zero-order chi connectivity index (χ0) is 32.6. The number of carboxylic acid groups (broad SMARTS) is 3. The predicted molar refractivity (Wildman–Crippen MR) is 175 cm³/mol. The molecule has 0 radical (unpaired) electrons. The zero-order valence-corrected chi connectivity index (χ0v) is 25.8. The van der Waals surface area contributed by atoms with E-state index in [1.165, 1.54) is 0 Å². The van der Waals surface area contributed by atoms with Crippen LogP contribution in [0, 0.1) is 13.8 Å². The monoisotopic (exact) mass is 608 g/mol. The van der Waals surface area contributed by atoms with E-state index in [0.29, 0.717) is 34.7 Å². The number of aryl methyl sites for hydroxylation is 3. The molecule has 2 aliphatic rings. The topological polar surface area (TPSA) is 169 Å². The number of hydrogen-bond acceptors (Lipinski definition) is 5. The van der Waals surface area contributed by atoms with Crippen LogP contribution in [0.3, 0.4) is 0 Å². The number of aromatic amines is 2. The van der Waals surface area contributed by atoms with E-state index in [0.717, 1.165) is 61.1 Å². The minimum atomic E-state index is -0.921. The number of fused-ring (bicyclic) bond motifs is 8. The van der Waals surface area contributed by atoms with Crippen molar-refractivity contribution in [2.24, 2.45) is 0 Å². The Morgan fingerprint density at radius 1 is 0.644 bits per heavy atom. The Morgan fingerprint density at radius 3 is 1.58 bits per heavy atom. The molecule has 0 atom stereocenters. The maximum Gasteiger partial charge on any atom is 0.303 e. The number of H-pyrrole nitrogens is 2. The van der Waals surface area contributed by atoms with Crippen LogP contribution in [0.15, 0.2) is 30.8 Å². The van der Waals surface area contributed by atoms with Crippen molar-refractivity contribution in [3.63, 3.8) is 0 Å². The second-order valence-electron chi connectivity index (χ2n) is 11.5. The van der Waals surface area contributed by atoms with E-state index in [-0.39, 0.29) is 32.1 Å². The highest BCUT2D eigenvalue weighted by atomic mass is 16.4. The van der Waals surface area contributed by atoms with Gasteiger partial charge in [-0.15, -0.1) is 0 Å². The summed E-state index contributed by atoms with van der Waals surface area (Å²) in [5, 5.41) is 28.4. The van der Waals surface area contributed by atoms with Gasteiger partial charge < -0.3 is 25.3 Å². The van der Waals surface area contributed by atoms with E-state index in [1.807, 2.05) is 52.0 Å². The molecule has 0 saturated carbocycles. The lowest BCUT2D eigenvalue weighted by Crippen LogP contribution is -1.98. The second kappa shape index (κ2) is 12.4. The minimum Gasteiger partial charge on any atom is -0.481 e. The molecule has 0 aliphatic carbocycles. The first kappa shape index (κ1) is 31.2. The number of nitrogens with zero attached hydrogens (tertiary/aromatic N) is 2. The molecule has 0 amide bonds. The summed E-state index contributed by atoms with van der Waals surface area (Å²) in [6.07, 6.45) is 2.44.